The number of nitrogens with two attached hydrogens (primary N) is 1. The number of urea groups is 1. The zero-order chi connectivity index (χ0) is 35.6. The van der Waals surface area contributed by atoms with Gasteiger partial charge in [0.2, 0.25) is 15.9 Å². The molecule has 3 aromatic carbocycles. The first-order valence-electron chi connectivity index (χ1n) is 15.8. The zero-order valence-electron chi connectivity index (χ0n) is 27.6. The Kier molecular flexibility index (Phi) is 11.5. The van der Waals surface area contributed by atoms with E-state index in [9.17, 15) is 18.0 Å². The predicted octanol–water partition coefficient (Wildman–Crippen LogP) is 5.84. The number of amides is 3. The summed E-state index contributed by atoms with van der Waals surface area (Å²) in [6, 6.07) is 15.4. The number of ether oxygens (including phenoxy) is 1. The molecule has 3 amide bonds. The molecule has 0 aliphatic carbocycles. The quantitative estimate of drug-likeness (QED) is 0.293. The van der Waals surface area contributed by atoms with Crippen LogP contribution in [0.5, 0.6) is 5.75 Å². The SMILES string of the molecule is CCOc1cc(Cl)c(S(N)(=O)=O)cc1C1=N[C@@H](c2ccc(Cl)cc2)[C@@H](c2ccc(Cl)cc2)N1C(=O)N1CCN(CC(=O)N(C)C(C)C)CC1. The van der Waals surface area contributed by atoms with E-state index in [0.29, 0.717) is 36.2 Å². The first kappa shape index (κ1) is 36.9. The summed E-state index contributed by atoms with van der Waals surface area (Å²) in [4.78, 5) is 39.4. The minimum Gasteiger partial charge on any atom is -0.493 e. The maximum Gasteiger partial charge on any atom is 0.326 e. The summed E-state index contributed by atoms with van der Waals surface area (Å²) in [6.45, 7) is 7.84. The number of likely N-dealkylation sites (N-methyl/N-ethyl adjacent to an activating group) is 1. The van der Waals surface area contributed by atoms with Crippen LogP contribution in [0.1, 0.15) is 49.5 Å². The lowest BCUT2D eigenvalue weighted by atomic mass is 9.93. The fourth-order valence-electron chi connectivity index (χ4n) is 5.90. The number of nitrogens with zero attached hydrogens (tertiary/aromatic N) is 5. The number of hydrogen-bond acceptors (Lipinski definition) is 7. The second kappa shape index (κ2) is 15.2. The molecule has 262 valence electrons. The van der Waals surface area contributed by atoms with Gasteiger partial charge in [-0.3, -0.25) is 19.6 Å². The van der Waals surface area contributed by atoms with Gasteiger partial charge in [-0.1, -0.05) is 59.1 Å². The summed E-state index contributed by atoms with van der Waals surface area (Å²) >= 11 is 18.9. The topological polar surface area (TPSA) is 129 Å². The molecule has 0 radical (unpaired) electrons. The Morgan fingerprint density at radius 2 is 1.53 bits per heavy atom. The molecule has 1 saturated heterocycles. The van der Waals surface area contributed by atoms with Crippen LogP contribution in [-0.4, -0.2) is 98.2 Å². The lowest BCUT2D eigenvalue weighted by molar-refractivity contribution is -0.132. The number of halogens is 3. The number of aliphatic imine (C=N–C) groups is 1. The second-order valence-corrected chi connectivity index (χ2v) is 15.0. The number of benzene rings is 3. The van der Waals surface area contributed by atoms with Crippen LogP contribution in [0.2, 0.25) is 15.1 Å². The number of carbonyl (C=O) groups excluding carboxylic acids is 2. The first-order chi connectivity index (χ1) is 23.2. The van der Waals surface area contributed by atoms with E-state index in [1.165, 1.54) is 12.1 Å². The third kappa shape index (κ3) is 8.16. The molecule has 2 N–H and O–H groups in total. The number of carbonyl (C=O) groups is 2. The van der Waals surface area contributed by atoms with E-state index in [4.69, 9.17) is 49.7 Å². The molecular formula is C34H39Cl3N6O5S. The number of hydrogen-bond donors (Lipinski definition) is 1. The highest BCUT2D eigenvalue weighted by molar-refractivity contribution is 7.89. The third-order valence-electron chi connectivity index (χ3n) is 8.75. The van der Waals surface area contributed by atoms with E-state index in [0.717, 1.165) is 11.1 Å². The fourth-order valence-corrected chi connectivity index (χ4v) is 7.24. The van der Waals surface area contributed by atoms with E-state index in [-0.39, 0.29) is 58.2 Å². The largest absolute Gasteiger partial charge is 0.493 e. The number of piperazine rings is 1. The van der Waals surface area contributed by atoms with E-state index in [1.807, 2.05) is 43.0 Å². The number of rotatable bonds is 9. The smallest absolute Gasteiger partial charge is 0.326 e. The first-order valence-corrected chi connectivity index (χ1v) is 18.5. The normalized spacial score (nSPS) is 18.5. The van der Waals surface area contributed by atoms with E-state index < -0.39 is 22.1 Å². The molecule has 5 rings (SSSR count). The Labute approximate surface area is 302 Å². The van der Waals surface area contributed by atoms with Crippen molar-refractivity contribution in [2.24, 2.45) is 10.1 Å². The van der Waals surface area contributed by atoms with Gasteiger partial charge in [-0.15, -0.1) is 0 Å². The van der Waals surface area contributed by atoms with E-state index in [2.05, 4.69) is 0 Å². The Morgan fingerprint density at radius 3 is 2.06 bits per heavy atom. The summed E-state index contributed by atoms with van der Waals surface area (Å²) in [5.41, 5.74) is 1.75. The fraction of sp³-hybridized carbons (Fsp3) is 0.382. The minimum absolute atomic E-state index is 0.00852. The van der Waals surface area contributed by atoms with Gasteiger partial charge >= 0.3 is 6.03 Å². The highest BCUT2D eigenvalue weighted by Crippen LogP contribution is 2.46. The molecule has 2 atom stereocenters. The van der Waals surface area contributed by atoms with Crippen LogP contribution in [0.3, 0.4) is 0 Å². The van der Waals surface area contributed by atoms with Crippen molar-refractivity contribution >= 4 is 62.6 Å². The van der Waals surface area contributed by atoms with Gasteiger partial charge in [0.1, 0.15) is 22.5 Å². The number of sulfonamides is 1. The molecule has 0 bridgehead atoms. The summed E-state index contributed by atoms with van der Waals surface area (Å²) in [5.74, 6) is 0.431. The van der Waals surface area contributed by atoms with Gasteiger partial charge in [-0.05, 0) is 62.2 Å². The average Bonchev–Trinajstić information content (AvgIpc) is 3.45. The molecule has 3 aromatic rings. The van der Waals surface area contributed by atoms with Crippen LogP contribution in [0.15, 0.2) is 70.6 Å². The van der Waals surface area contributed by atoms with Gasteiger partial charge in [-0.2, -0.15) is 0 Å². The maximum atomic E-state index is 14.8. The van der Waals surface area contributed by atoms with Crippen LogP contribution >= 0.6 is 34.8 Å². The van der Waals surface area contributed by atoms with Crippen molar-refractivity contribution in [3.8, 4) is 5.75 Å². The summed E-state index contributed by atoms with van der Waals surface area (Å²) < 4.78 is 31.2. The molecular weight excluding hydrogens is 711 g/mol. The van der Waals surface area contributed by atoms with Crippen LogP contribution < -0.4 is 9.88 Å². The van der Waals surface area contributed by atoms with E-state index >= 15 is 0 Å². The van der Waals surface area contributed by atoms with Crippen molar-refractivity contribution in [3.05, 3.63) is 92.4 Å². The Hall–Kier alpha value is -3.39. The number of primary sulfonamides is 1. The average molecular weight is 750 g/mol. The second-order valence-electron chi connectivity index (χ2n) is 12.2. The van der Waals surface area contributed by atoms with Crippen molar-refractivity contribution in [2.45, 2.75) is 43.8 Å². The Balaban J connectivity index is 1.62. The van der Waals surface area contributed by atoms with Crippen molar-refractivity contribution < 1.29 is 22.7 Å². The molecule has 11 nitrogen and oxygen atoms in total. The Morgan fingerprint density at radius 1 is 0.959 bits per heavy atom. The van der Waals surface area contributed by atoms with Gasteiger partial charge in [0.15, 0.2) is 0 Å². The summed E-state index contributed by atoms with van der Waals surface area (Å²) in [7, 11) is -2.48. The van der Waals surface area contributed by atoms with Gasteiger partial charge in [-0.25, -0.2) is 18.4 Å². The lowest BCUT2D eigenvalue weighted by Crippen LogP contribution is -2.55. The standard InChI is InChI=1S/C34H39Cl3N6O5S/c1-5-48-28-19-27(37)29(49(38,46)47)18-26(28)33-39-31(22-6-10-24(35)11-7-22)32(23-8-12-25(36)13-9-23)43(33)34(45)42-16-14-41(15-17-42)20-30(44)40(4)21(2)3/h6-13,18-19,21,31-32H,5,14-17,20H2,1-4H3,(H2,38,46,47)/t31-,32+/m0/s1. The molecule has 2 aliphatic rings. The third-order valence-corrected chi connectivity index (χ3v) is 10.6. The molecule has 0 saturated carbocycles. The van der Waals surface area contributed by atoms with Crippen molar-refractivity contribution in [3.63, 3.8) is 0 Å². The summed E-state index contributed by atoms with van der Waals surface area (Å²) in [6.07, 6.45) is 0. The van der Waals surface area contributed by atoms with Gasteiger partial charge in [0.05, 0.1) is 29.8 Å². The zero-order valence-corrected chi connectivity index (χ0v) is 30.7. The Bertz CT molecular complexity index is 1830. The monoisotopic (exact) mass is 748 g/mol. The van der Waals surface area contributed by atoms with Crippen LogP contribution in [0, 0.1) is 0 Å². The minimum atomic E-state index is -4.27. The predicted molar refractivity (Wildman–Crippen MR) is 192 cm³/mol. The molecule has 0 unspecified atom stereocenters. The molecule has 0 spiro atoms. The van der Waals surface area contributed by atoms with Gasteiger partial charge < -0.3 is 14.5 Å². The molecule has 2 heterocycles. The van der Waals surface area contributed by atoms with Crippen LogP contribution in [0.25, 0.3) is 0 Å². The maximum absolute atomic E-state index is 14.8. The lowest BCUT2D eigenvalue weighted by Gasteiger charge is -2.39. The van der Waals surface area contributed by atoms with Crippen molar-refractivity contribution in [2.75, 3.05) is 46.4 Å². The van der Waals surface area contributed by atoms with E-state index in [1.54, 1.807) is 52.9 Å². The van der Waals surface area contributed by atoms with Crippen LogP contribution in [0.4, 0.5) is 4.79 Å². The molecule has 1 fully saturated rings. The molecule has 2 aliphatic heterocycles. The van der Waals surface area contributed by atoms with Crippen molar-refractivity contribution in [1.82, 2.24) is 19.6 Å². The molecule has 0 aromatic heterocycles. The summed E-state index contributed by atoms with van der Waals surface area (Å²) in [5, 5.41) is 6.50. The molecule has 15 heteroatoms. The van der Waals surface area contributed by atoms with Crippen LogP contribution in [-0.2, 0) is 14.8 Å². The number of amidine groups is 1. The van der Waals surface area contributed by atoms with Gasteiger partial charge in [0, 0.05) is 55.4 Å². The van der Waals surface area contributed by atoms with Gasteiger partial charge in [0.25, 0.3) is 0 Å². The highest BCUT2D eigenvalue weighted by Gasteiger charge is 2.45. The van der Waals surface area contributed by atoms with Crippen molar-refractivity contribution in [1.29, 1.82) is 0 Å². The highest BCUT2D eigenvalue weighted by atomic mass is 35.5. The molecule has 49 heavy (non-hydrogen) atoms.